The fourth-order valence-corrected chi connectivity index (χ4v) is 1.46. The molecule has 0 N–H and O–H groups in total. The maximum Gasteiger partial charge on any atom is 0.174 e. The molecule has 1 heterocycles. The number of rotatable bonds is 3. The van der Waals surface area contributed by atoms with E-state index in [9.17, 15) is 0 Å². The second-order valence-corrected chi connectivity index (χ2v) is 3.82. The molecule has 2 aromatic rings. The Bertz CT molecular complexity index is 567. The molecule has 0 aliphatic heterocycles. The highest BCUT2D eigenvalue weighted by Gasteiger charge is 2.02. The third-order valence-corrected chi connectivity index (χ3v) is 2.49. The van der Waals surface area contributed by atoms with E-state index in [0.717, 1.165) is 5.56 Å². The molecular formula is C14H12N4. The standard InChI is InChI=1S/C14H12N4/c1-11(13-5-3-2-4-6-13)17-18-14-8-7-12(9-15)10-16-14/h2-8,10-11H,1H3. The van der Waals surface area contributed by atoms with Crippen LogP contribution in [0.2, 0.25) is 0 Å². The van der Waals surface area contributed by atoms with E-state index in [0.29, 0.717) is 11.4 Å². The summed E-state index contributed by atoms with van der Waals surface area (Å²) in [5.41, 5.74) is 1.62. The lowest BCUT2D eigenvalue weighted by Crippen LogP contribution is -1.87. The molecule has 4 nitrogen and oxygen atoms in total. The van der Waals surface area contributed by atoms with Crippen molar-refractivity contribution in [3.8, 4) is 6.07 Å². The van der Waals surface area contributed by atoms with Crippen molar-refractivity contribution in [2.75, 3.05) is 0 Å². The summed E-state index contributed by atoms with van der Waals surface area (Å²) in [6.07, 6.45) is 1.49. The monoisotopic (exact) mass is 236 g/mol. The van der Waals surface area contributed by atoms with Crippen LogP contribution in [-0.2, 0) is 0 Å². The molecular weight excluding hydrogens is 224 g/mol. The maximum absolute atomic E-state index is 8.65. The van der Waals surface area contributed by atoms with Crippen LogP contribution in [0.4, 0.5) is 5.82 Å². The molecule has 0 spiro atoms. The van der Waals surface area contributed by atoms with Crippen LogP contribution in [-0.4, -0.2) is 4.98 Å². The van der Waals surface area contributed by atoms with Crippen LogP contribution in [0, 0.1) is 11.3 Å². The Morgan fingerprint density at radius 3 is 2.56 bits per heavy atom. The molecule has 0 aliphatic rings. The number of azo groups is 1. The second-order valence-electron chi connectivity index (χ2n) is 3.82. The van der Waals surface area contributed by atoms with Gasteiger partial charge in [0.1, 0.15) is 6.07 Å². The summed E-state index contributed by atoms with van der Waals surface area (Å²) in [6.45, 7) is 1.97. The summed E-state index contributed by atoms with van der Waals surface area (Å²) >= 11 is 0. The molecule has 0 fully saturated rings. The molecule has 4 heteroatoms. The number of nitrogens with zero attached hydrogens (tertiary/aromatic N) is 4. The van der Waals surface area contributed by atoms with Crippen LogP contribution in [0.15, 0.2) is 58.9 Å². The largest absolute Gasteiger partial charge is 0.234 e. The summed E-state index contributed by atoms with van der Waals surface area (Å²) in [5, 5.41) is 16.9. The van der Waals surface area contributed by atoms with Crippen molar-refractivity contribution in [1.29, 1.82) is 5.26 Å². The fraction of sp³-hybridized carbons (Fsp3) is 0.143. The highest BCUT2D eigenvalue weighted by atomic mass is 15.2. The molecule has 0 aliphatic carbocycles. The first-order valence-corrected chi connectivity index (χ1v) is 5.61. The minimum Gasteiger partial charge on any atom is -0.234 e. The number of hydrogen-bond acceptors (Lipinski definition) is 4. The Kier molecular flexibility index (Phi) is 3.77. The predicted octanol–water partition coefficient (Wildman–Crippen LogP) is 3.80. The minimum absolute atomic E-state index is 0.0105. The second kappa shape index (κ2) is 5.69. The third-order valence-electron chi connectivity index (χ3n) is 2.49. The summed E-state index contributed by atoms with van der Waals surface area (Å²) in [7, 11) is 0. The van der Waals surface area contributed by atoms with E-state index in [1.54, 1.807) is 12.1 Å². The molecule has 1 atom stereocenters. The molecule has 0 saturated heterocycles. The number of nitriles is 1. The van der Waals surface area contributed by atoms with Gasteiger partial charge in [0, 0.05) is 6.20 Å². The molecule has 1 unspecified atom stereocenters. The van der Waals surface area contributed by atoms with Crippen molar-refractivity contribution in [1.82, 2.24) is 4.98 Å². The van der Waals surface area contributed by atoms with E-state index in [1.807, 2.05) is 43.3 Å². The average molecular weight is 236 g/mol. The molecule has 1 aromatic heterocycles. The number of aromatic nitrogens is 1. The number of benzene rings is 1. The zero-order valence-electron chi connectivity index (χ0n) is 9.99. The van der Waals surface area contributed by atoms with Crippen molar-refractivity contribution >= 4 is 5.82 Å². The first kappa shape index (κ1) is 11.9. The lowest BCUT2D eigenvalue weighted by molar-refractivity contribution is 0.760. The van der Waals surface area contributed by atoms with E-state index in [-0.39, 0.29) is 6.04 Å². The van der Waals surface area contributed by atoms with E-state index in [4.69, 9.17) is 5.26 Å². The van der Waals surface area contributed by atoms with Crippen molar-refractivity contribution in [2.24, 2.45) is 10.2 Å². The van der Waals surface area contributed by atoms with Gasteiger partial charge in [-0.2, -0.15) is 10.4 Å². The van der Waals surface area contributed by atoms with Gasteiger partial charge in [0.15, 0.2) is 5.82 Å². The van der Waals surface area contributed by atoms with E-state index >= 15 is 0 Å². The van der Waals surface area contributed by atoms with Crippen LogP contribution in [0.1, 0.15) is 24.1 Å². The fourth-order valence-electron chi connectivity index (χ4n) is 1.46. The lowest BCUT2D eigenvalue weighted by atomic mass is 10.1. The van der Waals surface area contributed by atoms with Gasteiger partial charge >= 0.3 is 0 Å². The lowest BCUT2D eigenvalue weighted by Gasteiger charge is -2.03. The summed E-state index contributed by atoms with van der Waals surface area (Å²) < 4.78 is 0. The van der Waals surface area contributed by atoms with Crippen LogP contribution >= 0.6 is 0 Å². The van der Waals surface area contributed by atoms with Crippen LogP contribution in [0.5, 0.6) is 0 Å². The molecule has 0 radical (unpaired) electrons. The first-order valence-electron chi connectivity index (χ1n) is 5.61. The molecule has 2 rings (SSSR count). The normalized spacial score (nSPS) is 12.2. The van der Waals surface area contributed by atoms with Crippen molar-refractivity contribution < 1.29 is 0 Å². The quantitative estimate of drug-likeness (QED) is 0.761. The Morgan fingerprint density at radius 1 is 1.17 bits per heavy atom. The number of pyridine rings is 1. The van der Waals surface area contributed by atoms with Crippen LogP contribution in [0.25, 0.3) is 0 Å². The Hall–Kier alpha value is -2.54. The van der Waals surface area contributed by atoms with Gasteiger partial charge in [-0.05, 0) is 24.6 Å². The van der Waals surface area contributed by atoms with Gasteiger partial charge in [0.2, 0.25) is 0 Å². The number of hydrogen-bond donors (Lipinski definition) is 0. The molecule has 1 aromatic carbocycles. The maximum atomic E-state index is 8.65. The zero-order chi connectivity index (χ0) is 12.8. The molecule has 18 heavy (non-hydrogen) atoms. The van der Waals surface area contributed by atoms with Gasteiger partial charge < -0.3 is 0 Å². The van der Waals surface area contributed by atoms with E-state index < -0.39 is 0 Å². The van der Waals surface area contributed by atoms with Gasteiger partial charge in [0.05, 0.1) is 11.6 Å². The van der Waals surface area contributed by atoms with E-state index in [1.165, 1.54) is 6.20 Å². The van der Waals surface area contributed by atoms with Crippen molar-refractivity contribution in [2.45, 2.75) is 13.0 Å². The van der Waals surface area contributed by atoms with Crippen molar-refractivity contribution in [3.63, 3.8) is 0 Å². The molecule has 0 amide bonds. The van der Waals surface area contributed by atoms with Gasteiger partial charge in [-0.3, -0.25) is 0 Å². The smallest absolute Gasteiger partial charge is 0.174 e. The topological polar surface area (TPSA) is 61.4 Å². The van der Waals surface area contributed by atoms with Gasteiger partial charge in [-0.15, -0.1) is 5.11 Å². The van der Waals surface area contributed by atoms with Gasteiger partial charge in [0.25, 0.3) is 0 Å². The average Bonchev–Trinajstić information content (AvgIpc) is 2.46. The Labute approximate surface area is 106 Å². The van der Waals surface area contributed by atoms with Crippen LogP contribution < -0.4 is 0 Å². The predicted molar refractivity (Wildman–Crippen MR) is 68.3 cm³/mol. The minimum atomic E-state index is -0.0105. The third kappa shape index (κ3) is 2.98. The highest BCUT2D eigenvalue weighted by molar-refractivity contribution is 5.33. The summed E-state index contributed by atoms with van der Waals surface area (Å²) in [4.78, 5) is 4.03. The van der Waals surface area contributed by atoms with Crippen LogP contribution in [0.3, 0.4) is 0 Å². The van der Waals surface area contributed by atoms with Gasteiger partial charge in [-0.1, -0.05) is 30.3 Å². The SMILES string of the molecule is CC(N=Nc1ccc(C#N)cn1)c1ccccc1. The Morgan fingerprint density at radius 2 is 1.94 bits per heavy atom. The van der Waals surface area contributed by atoms with Gasteiger partial charge in [-0.25, -0.2) is 4.98 Å². The highest BCUT2D eigenvalue weighted by Crippen LogP contribution is 2.18. The molecule has 88 valence electrons. The summed E-state index contributed by atoms with van der Waals surface area (Å²) in [5.74, 6) is 0.511. The van der Waals surface area contributed by atoms with E-state index in [2.05, 4.69) is 15.2 Å². The molecule has 0 bridgehead atoms. The Balaban J connectivity index is 2.09. The van der Waals surface area contributed by atoms with Crippen molar-refractivity contribution in [3.05, 3.63) is 59.8 Å². The first-order chi connectivity index (χ1) is 8.79. The zero-order valence-corrected chi connectivity index (χ0v) is 9.99. The molecule has 0 saturated carbocycles. The summed E-state index contributed by atoms with van der Waals surface area (Å²) in [6, 6.07) is 15.3.